The van der Waals surface area contributed by atoms with Crippen LogP contribution in [0.3, 0.4) is 0 Å². The molecule has 2 nitrogen and oxygen atoms in total. The zero-order chi connectivity index (χ0) is 9.40. The number of rotatable bonds is 7. The first-order valence-corrected chi connectivity index (χ1v) is 4.92. The van der Waals surface area contributed by atoms with E-state index in [-0.39, 0.29) is 6.10 Å². The molecule has 0 aromatic carbocycles. The summed E-state index contributed by atoms with van der Waals surface area (Å²) in [5, 5.41) is 8.90. The summed E-state index contributed by atoms with van der Waals surface area (Å²) in [5.74, 6) is 0.754. The fraction of sp³-hybridized carbons (Fsp3) is 1.00. The molecule has 2 atom stereocenters. The summed E-state index contributed by atoms with van der Waals surface area (Å²) in [6, 6.07) is 0. The Bertz CT molecular complexity index is 91.8. The van der Waals surface area contributed by atoms with Gasteiger partial charge >= 0.3 is 0 Å². The molecule has 12 heavy (non-hydrogen) atoms. The topological polar surface area (TPSA) is 29.5 Å². The molecule has 0 bridgehead atoms. The molecule has 1 N–H and O–H groups in total. The van der Waals surface area contributed by atoms with Crippen LogP contribution in [0, 0.1) is 5.92 Å². The second kappa shape index (κ2) is 7.56. The molecule has 0 heterocycles. The van der Waals surface area contributed by atoms with Crippen molar-refractivity contribution in [3.8, 4) is 0 Å². The van der Waals surface area contributed by atoms with Gasteiger partial charge in [-0.3, -0.25) is 0 Å². The van der Waals surface area contributed by atoms with Gasteiger partial charge in [-0.15, -0.1) is 0 Å². The normalized spacial score (nSPS) is 16.0. The van der Waals surface area contributed by atoms with Crippen LogP contribution in [-0.2, 0) is 4.74 Å². The first-order valence-electron chi connectivity index (χ1n) is 4.92. The summed E-state index contributed by atoms with van der Waals surface area (Å²) in [4.78, 5) is 0. The van der Waals surface area contributed by atoms with Crippen molar-refractivity contribution in [2.75, 3.05) is 13.2 Å². The number of aliphatic hydroxyl groups is 1. The smallest absolute Gasteiger partial charge is 0.0745 e. The van der Waals surface area contributed by atoms with Crippen LogP contribution in [0.2, 0.25) is 0 Å². The molecule has 0 spiro atoms. The minimum absolute atomic E-state index is 0.327. The van der Waals surface area contributed by atoms with E-state index in [1.54, 1.807) is 6.92 Å². The van der Waals surface area contributed by atoms with Gasteiger partial charge in [0.15, 0.2) is 0 Å². The van der Waals surface area contributed by atoms with Gasteiger partial charge in [-0.05, 0) is 19.3 Å². The maximum absolute atomic E-state index is 8.90. The van der Waals surface area contributed by atoms with Gasteiger partial charge in [-0.2, -0.15) is 0 Å². The van der Waals surface area contributed by atoms with Crippen LogP contribution in [0.1, 0.15) is 40.0 Å². The lowest BCUT2D eigenvalue weighted by Crippen LogP contribution is -2.12. The third-order valence-corrected chi connectivity index (χ3v) is 1.90. The first-order chi connectivity index (χ1) is 5.66. The van der Waals surface area contributed by atoms with Gasteiger partial charge in [0.25, 0.3) is 0 Å². The Morgan fingerprint density at radius 2 is 1.92 bits per heavy atom. The molecule has 0 amide bonds. The van der Waals surface area contributed by atoms with Crippen molar-refractivity contribution < 1.29 is 9.84 Å². The van der Waals surface area contributed by atoms with E-state index in [1.807, 2.05) is 0 Å². The molecular formula is C10H22O2. The molecule has 0 aliphatic heterocycles. The molecule has 0 aromatic heterocycles. The Kier molecular flexibility index (Phi) is 7.51. The maximum atomic E-state index is 8.90. The molecule has 74 valence electrons. The van der Waals surface area contributed by atoms with Crippen molar-refractivity contribution in [1.29, 1.82) is 0 Å². The van der Waals surface area contributed by atoms with Gasteiger partial charge in [0.2, 0.25) is 0 Å². The molecule has 0 saturated carbocycles. The molecule has 2 heteroatoms. The number of hydrogen-bond donors (Lipinski definition) is 1. The SMILES string of the molecule is CCCC(C)CCOCC(C)O. The highest BCUT2D eigenvalue weighted by Crippen LogP contribution is 2.09. The lowest BCUT2D eigenvalue weighted by atomic mass is 10.0. The number of ether oxygens (including phenoxy) is 1. The standard InChI is InChI=1S/C10H22O2/c1-4-5-9(2)6-7-12-8-10(3)11/h9-11H,4-8H2,1-3H3. The van der Waals surface area contributed by atoms with Crippen LogP contribution < -0.4 is 0 Å². The summed E-state index contributed by atoms with van der Waals surface area (Å²) < 4.78 is 5.26. The lowest BCUT2D eigenvalue weighted by Gasteiger charge is -2.10. The predicted octanol–water partition coefficient (Wildman–Crippen LogP) is 2.21. The van der Waals surface area contributed by atoms with E-state index >= 15 is 0 Å². The minimum atomic E-state index is -0.327. The quantitative estimate of drug-likeness (QED) is 0.600. The van der Waals surface area contributed by atoms with Crippen LogP contribution in [0.25, 0.3) is 0 Å². The average molecular weight is 174 g/mol. The Morgan fingerprint density at radius 1 is 1.25 bits per heavy atom. The van der Waals surface area contributed by atoms with Crippen LogP contribution in [0.5, 0.6) is 0 Å². The maximum Gasteiger partial charge on any atom is 0.0745 e. The monoisotopic (exact) mass is 174 g/mol. The highest BCUT2D eigenvalue weighted by molar-refractivity contribution is 4.51. The zero-order valence-electron chi connectivity index (χ0n) is 8.55. The van der Waals surface area contributed by atoms with E-state index in [9.17, 15) is 0 Å². The van der Waals surface area contributed by atoms with Gasteiger partial charge in [0, 0.05) is 6.61 Å². The molecule has 0 radical (unpaired) electrons. The second-order valence-corrected chi connectivity index (χ2v) is 3.61. The Hall–Kier alpha value is -0.0800. The highest BCUT2D eigenvalue weighted by Gasteiger charge is 2.00. The Balaban J connectivity index is 3.08. The fourth-order valence-electron chi connectivity index (χ4n) is 1.18. The second-order valence-electron chi connectivity index (χ2n) is 3.61. The largest absolute Gasteiger partial charge is 0.391 e. The third-order valence-electron chi connectivity index (χ3n) is 1.90. The summed E-state index contributed by atoms with van der Waals surface area (Å²) in [6.45, 7) is 7.45. The third kappa shape index (κ3) is 8.02. The van der Waals surface area contributed by atoms with E-state index in [0.29, 0.717) is 6.61 Å². The summed E-state index contributed by atoms with van der Waals surface area (Å²) in [7, 11) is 0. The molecule has 0 aromatic rings. The van der Waals surface area contributed by atoms with E-state index in [0.717, 1.165) is 18.9 Å². The van der Waals surface area contributed by atoms with Crippen LogP contribution >= 0.6 is 0 Å². The van der Waals surface area contributed by atoms with Gasteiger partial charge in [0.05, 0.1) is 12.7 Å². The van der Waals surface area contributed by atoms with E-state index < -0.39 is 0 Å². The summed E-state index contributed by atoms with van der Waals surface area (Å²) in [5.41, 5.74) is 0. The highest BCUT2D eigenvalue weighted by atomic mass is 16.5. The fourth-order valence-corrected chi connectivity index (χ4v) is 1.18. The average Bonchev–Trinajstić information content (AvgIpc) is 1.98. The van der Waals surface area contributed by atoms with Gasteiger partial charge in [-0.25, -0.2) is 0 Å². The predicted molar refractivity (Wildman–Crippen MR) is 51.2 cm³/mol. The van der Waals surface area contributed by atoms with Gasteiger partial charge in [0.1, 0.15) is 0 Å². The molecular weight excluding hydrogens is 152 g/mol. The van der Waals surface area contributed by atoms with Gasteiger partial charge < -0.3 is 9.84 Å². The number of aliphatic hydroxyl groups excluding tert-OH is 1. The van der Waals surface area contributed by atoms with Crippen molar-refractivity contribution in [2.24, 2.45) is 5.92 Å². The van der Waals surface area contributed by atoms with E-state index in [4.69, 9.17) is 9.84 Å². The molecule has 0 fully saturated rings. The first kappa shape index (κ1) is 11.9. The molecule has 0 aliphatic carbocycles. The molecule has 0 saturated heterocycles. The van der Waals surface area contributed by atoms with Crippen molar-refractivity contribution in [3.05, 3.63) is 0 Å². The van der Waals surface area contributed by atoms with Crippen molar-refractivity contribution in [3.63, 3.8) is 0 Å². The Morgan fingerprint density at radius 3 is 2.42 bits per heavy atom. The zero-order valence-corrected chi connectivity index (χ0v) is 8.55. The molecule has 0 aliphatic rings. The minimum Gasteiger partial charge on any atom is -0.391 e. The lowest BCUT2D eigenvalue weighted by molar-refractivity contribution is 0.0407. The summed E-state index contributed by atoms with van der Waals surface area (Å²) >= 11 is 0. The van der Waals surface area contributed by atoms with Crippen LogP contribution in [0.15, 0.2) is 0 Å². The van der Waals surface area contributed by atoms with Gasteiger partial charge in [-0.1, -0.05) is 26.7 Å². The molecule has 2 unspecified atom stereocenters. The molecule has 0 rings (SSSR count). The van der Waals surface area contributed by atoms with Crippen molar-refractivity contribution in [2.45, 2.75) is 46.1 Å². The summed E-state index contributed by atoms with van der Waals surface area (Å²) in [6.07, 6.45) is 3.31. The van der Waals surface area contributed by atoms with Crippen LogP contribution in [0.4, 0.5) is 0 Å². The Labute approximate surface area is 75.9 Å². The van der Waals surface area contributed by atoms with E-state index in [2.05, 4.69) is 13.8 Å². The van der Waals surface area contributed by atoms with Crippen LogP contribution in [-0.4, -0.2) is 24.4 Å². The number of hydrogen-bond acceptors (Lipinski definition) is 2. The van der Waals surface area contributed by atoms with Crippen molar-refractivity contribution >= 4 is 0 Å². The van der Waals surface area contributed by atoms with E-state index in [1.165, 1.54) is 12.8 Å². The van der Waals surface area contributed by atoms with Crippen molar-refractivity contribution in [1.82, 2.24) is 0 Å².